The fraction of sp³-hybridized carbons (Fsp3) is 1.00. The van der Waals surface area contributed by atoms with Crippen LogP contribution in [-0.2, 0) is 0 Å². The standard InChI is InChI=1S/C10H22O.FH/c1-7(2)10(11,8(3)4)9(5)6;/h7-9,11H,1-6H3;1H. The third-order valence-electron chi connectivity index (χ3n) is 2.77. The van der Waals surface area contributed by atoms with E-state index in [2.05, 4.69) is 41.5 Å². The maximum absolute atomic E-state index is 10.2. The lowest BCUT2D eigenvalue weighted by Gasteiger charge is -2.40. The Morgan fingerprint density at radius 1 is 0.750 bits per heavy atom. The first-order valence-corrected chi connectivity index (χ1v) is 4.55. The lowest BCUT2D eigenvalue weighted by molar-refractivity contribution is -0.0848. The Kier molecular flexibility index (Phi) is 5.77. The first-order chi connectivity index (χ1) is 4.83. The fourth-order valence-corrected chi connectivity index (χ4v) is 2.00. The Morgan fingerprint density at radius 2 is 0.917 bits per heavy atom. The molecule has 0 aromatic rings. The van der Waals surface area contributed by atoms with Crippen molar-refractivity contribution in [2.24, 2.45) is 17.8 Å². The highest BCUT2D eigenvalue weighted by molar-refractivity contribution is 4.87. The number of hydrogen-bond donors (Lipinski definition) is 1. The summed E-state index contributed by atoms with van der Waals surface area (Å²) < 4.78 is 0. The van der Waals surface area contributed by atoms with Gasteiger partial charge in [-0.2, -0.15) is 0 Å². The van der Waals surface area contributed by atoms with Crippen LogP contribution in [0.25, 0.3) is 0 Å². The maximum Gasteiger partial charge on any atom is 0.0716 e. The zero-order valence-corrected chi connectivity index (χ0v) is 9.09. The van der Waals surface area contributed by atoms with Gasteiger partial charge < -0.3 is 5.11 Å². The summed E-state index contributed by atoms with van der Waals surface area (Å²) >= 11 is 0. The molecule has 0 aromatic heterocycles. The average molecular weight is 178 g/mol. The minimum Gasteiger partial charge on any atom is -0.389 e. The van der Waals surface area contributed by atoms with Crippen LogP contribution >= 0.6 is 0 Å². The number of hydrogen-bond acceptors (Lipinski definition) is 1. The van der Waals surface area contributed by atoms with Crippen LogP contribution in [0.3, 0.4) is 0 Å². The van der Waals surface area contributed by atoms with Gasteiger partial charge in [-0.1, -0.05) is 41.5 Å². The van der Waals surface area contributed by atoms with Crippen molar-refractivity contribution in [3.8, 4) is 0 Å². The molecule has 1 nitrogen and oxygen atoms in total. The van der Waals surface area contributed by atoms with Crippen molar-refractivity contribution in [1.82, 2.24) is 0 Å². The average Bonchev–Trinajstić information content (AvgIpc) is 1.84. The Balaban J connectivity index is 0. The van der Waals surface area contributed by atoms with Crippen LogP contribution in [0.2, 0.25) is 0 Å². The van der Waals surface area contributed by atoms with E-state index in [0.29, 0.717) is 17.8 Å². The first-order valence-electron chi connectivity index (χ1n) is 4.55. The van der Waals surface area contributed by atoms with Gasteiger partial charge in [0.05, 0.1) is 5.60 Å². The fourth-order valence-electron chi connectivity index (χ4n) is 2.00. The summed E-state index contributed by atoms with van der Waals surface area (Å²) in [6.07, 6.45) is 0. The molecule has 0 amide bonds. The normalized spacial score (nSPS) is 12.5. The third-order valence-corrected chi connectivity index (χ3v) is 2.77. The predicted molar refractivity (Wildman–Crippen MR) is 52.0 cm³/mol. The Morgan fingerprint density at radius 3 is 0.917 bits per heavy atom. The van der Waals surface area contributed by atoms with E-state index in [0.717, 1.165) is 0 Å². The summed E-state index contributed by atoms with van der Waals surface area (Å²) in [5.74, 6) is 1.01. The Labute approximate surface area is 75.5 Å². The van der Waals surface area contributed by atoms with Crippen molar-refractivity contribution < 1.29 is 9.81 Å². The van der Waals surface area contributed by atoms with Crippen molar-refractivity contribution >= 4 is 0 Å². The lowest BCUT2D eigenvalue weighted by atomic mass is 9.73. The van der Waals surface area contributed by atoms with Gasteiger partial charge in [-0.05, 0) is 17.8 Å². The monoisotopic (exact) mass is 178 g/mol. The second-order valence-corrected chi connectivity index (χ2v) is 4.35. The van der Waals surface area contributed by atoms with Crippen LogP contribution in [0.5, 0.6) is 0 Å². The Hall–Kier alpha value is -0.110. The van der Waals surface area contributed by atoms with Gasteiger partial charge in [0.1, 0.15) is 0 Å². The second-order valence-electron chi connectivity index (χ2n) is 4.35. The summed E-state index contributed by atoms with van der Waals surface area (Å²) in [6.45, 7) is 12.5. The maximum atomic E-state index is 10.2. The molecule has 0 saturated heterocycles. The van der Waals surface area contributed by atoms with Gasteiger partial charge in [0.15, 0.2) is 0 Å². The summed E-state index contributed by atoms with van der Waals surface area (Å²) in [7, 11) is 0. The molecule has 0 rings (SSSR count). The molecule has 0 aliphatic heterocycles. The molecule has 0 atom stereocenters. The van der Waals surface area contributed by atoms with Gasteiger partial charge in [0.2, 0.25) is 0 Å². The van der Waals surface area contributed by atoms with Crippen molar-refractivity contribution in [3.05, 3.63) is 0 Å². The molecule has 2 heteroatoms. The molecule has 12 heavy (non-hydrogen) atoms. The van der Waals surface area contributed by atoms with E-state index in [-0.39, 0.29) is 4.70 Å². The molecule has 0 unspecified atom stereocenters. The summed E-state index contributed by atoms with van der Waals surface area (Å²) in [5.41, 5.74) is -0.500. The zero-order chi connectivity index (χ0) is 9.23. The van der Waals surface area contributed by atoms with Crippen LogP contribution in [0, 0.1) is 17.8 Å². The van der Waals surface area contributed by atoms with E-state index >= 15 is 0 Å². The number of halogens is 1. The van der Waals surface area contributed by atoms with Gasteiger partial charge in [-0.25, -0.2) is 0 Å². The van der Waals surface area contributed by atoms with Crippen LogP contribution < -0.4 is 0 Å². The van der Waals surface area contributed by atoms with Gasteiger partial charge in [-0.15, -0.1) is 0 Å². The molecule has 0 radical (unpaired) electrons. The van der Waals surface area contributed by atoms with E-state index in [1.165, 1.54) is 0 Å². The molecule has 0 heterocycles. The number of rotatable bonds is 3. The number of aliphatic hydroxyl groups is 1. The predicted octanol–water partition coefficient (Wildman–Crippen LogP) is 2.84. The van der Waals surface area contributed by atoms with Crippen molar-refractivity contribution in [1.29, 1.82) is 0 Å². The molecule has 0 fully saturated rings. The van der Waals surface area contributed by atoms with E-state index < -0.39 is 5.60 Å². The molecule has 0 aliphatic rings. The lowest BCUT2D eigenvalue weighted by Crippen LogP contribution is -2.45. The van der Waals surface area contributed by atoms with Gasteiger partial charge in [0, 0.05) is 0 Å². The van der Waals surface area contributed by atoms with E-state index in [1.807, 2.05) is 0 Å². The topological polar surface area (TPSA) is 20.2 Å². The highest BCUT2D eigenvalue weighted by Gasteiger charge is 2.37. The minimum absolute atomic E-state index is 0. The van der Waals surface area contributed by atoms with Crippen molar-refractivity contribution in [3.63, 3.8) is 0 Å². The van der Waals surface area contributed by atoms with Gasteiger partial charge in [-0.3, -0.25) is 4.70 Å². The minimum atomic E-state index is -0.500. The van der Waals surface area contributed by atoms with Crippen LogP contribution in [0.15, 0.2) is 0 Å². The van der Waals surface area contributed by atoms with Crippen LogP contribution in [-0.4, -0.2) is 10.7 Å². The van der Waals surface area contributed by atoms with E-state index in [1.54, 1.807) is 0 Å². The van der Waals surface area contributed by atoms with Crippen molar-refractivity contribution in [2.45, 2.75) is 47.1 Å². The summed E-state index contributed by atoms with van der Waals surface area (Å²) in [6, 6.07) is 0. The molecule has 76 valence electrons. The Bertz CT molecular complexity index is 97.2. The SMILES string of the molecule is CC(C)C(O)(C(C)C)C(C)C.F. The summed E-state index contributed by atoms with van der Waals surface area (Å²) in [4.78, 5) is 0. The molecular weight excluding hydrogens is 155 g/mol. The van der Waals surface area contributed by atoms with E-state index in [9.17, 15) is 5.11 Å². The molecule has 0 saturated carbocycles. The molecular formula is C10H23FO. The molecule has 0 bridgehead atoms. The first kappa shape index (κ1) is 14.4. The smallest absolute Gasteiger partial charge is 0.0716 e. The van der Waals surface area contributed by atoms with Gasteiger partial charge in [0.25, 0.3) is 0 Å². The van der Waals surface area contributed by atoms with E-state index in [4.69, 9.17) is 0 Å². The second kappa shape index (κ2) is 4.80. The van der Waals surface area contributed by atoms with Gasteiger partial charge >= 0.3 is 0 Å². The highest BCUT2D eigenvalue weighted by atomic mass is 19.0. The third kappa shape index (κ3) is 2.44. The highest BCUT2D eigenvalue weighted by Crippen LogP contribution is 2.33. The molecule has 0 spiro atoms. The van der Waals surface area contributed by atoms with Crippen LogP contribution in [0.1, 0.15) is 41.5 Å². The quantitative estimate of drug-likeness (QED) is 0.704. The molecule has 0 aromatic carbocycles. The largest absolute Gasteiger partial charge is 0.389 e. The zero-order valence-electron chi connectivity index (χ0n) is 9.09. The van der Waals surface area contributed by atoms with Crippen molar-refractivity contribution in [2.75, 3.05) is 0 Å². The summed E-state index contributed by atoms with van der Waals surface area (Å²) in [5, 5.41) is 10.2. The van der Waals surface area contributed by atoms with Crippen LogP contribution in [0.4, 0.5) is 4.70 Å². The molecule has 0 aliphatic carbocycles. The molecule has 1 N–H and O–H groups in total.